The molecule has 1 aromatic carbocycles. The van der Waals surface area contributed by atoms with Crippen LogP contribution in [-0.4, -0.2) is 61.7 Å². The van der Waals surface area contributed by atoms with E-state index in [1.807, 2.05) is 0 Å². The van der Waals surface area contributed by atoms with Gasteiger partial charge in [0.25, 0.3) is 0 Å². The van der Waals surface area contributed by atoms with Gasteiger partial charge < -0.3 is 15.4 Å². The van der Waals surface area contributed by atoms with E-state index in [0.717, 1.165) is 45.8 Å². The van der Waals surface area contributed by atoms with Crippen LogP contribution < -0.4 is 5.73 Å². The van der Waals surface area contributed by atoms with Crippen LogP contribution in [0.5, 0.6) is 0 Å². The summed E-state index contributed by atoms with van der Waals surface area (Å²) in [6, 6.07) is 11.0. The van der Waals surface area contributed by atoms with Crippen molar-refractivity contribution < 1.29 is 4.74 Å². The van der Waals surface area contributed by atoms with Gasteiger partial charge in [0.1, 0.15) is 0 Å². The second kappa shape index (κ2) is 10.8. The van der Waals surface area contributed by atoms with Crippen LogP contribution in [0.15, 0.2) is 35.3 Å². The van der Waals surface area contributed by atoms with Crippen LogP contribution >= 0.6 is 24.0 Å². The minimum Gasteiger partial charge on any atom is -0.378 e. The zero-order chi connectivity index (χ0) is 15.8. The van der Waals surface area contributed by atoms with E-state index in [1.54, 1.807) is 0 Å². The first-order valence-electron chi connectivity index (χ1n) is 8.03. The summed E-state index contributed by atoms with van der Waals surface area (Å²) >= 11 is 0. The fourth-order valence-electron chi connectivity index (χ4n) is 2.51. The first-order chi connectivity index (χ1) is 10.7. The van der Waals surface area contributed by atoms with Gasteiger partial charge in [0.15, 0.2) is 5.96 Å². The van der Waals surface area contributed by atoms with Gasteiger partial charge in [-0.25, -0.2) is 0 Å². The number of hydrogen-bond donors (Lipinski definition) is 1. The highest BCUT2D eigenvalue weighted by Gasteiger charge is 2.13. The molecule has 1 unspecified atom stereocenters. The fraction of sp³-hybridized carbons (Fsp3) is 0.588. The molecule has 1 heterocycles. The molecule has 0 radical (unpaired) electrons. The molecule has 6 heteroatoms. The van der Waals surface area contributed by atoms with Crippen LogP contribution in [0.1, 0.15) is 18.9 Å². The number of rotatable bonds is 6. The van der Waals surface area contributed by atoms with E-state index in [-0.39, 0.29) is 24.0 Å². The largest absolute Gasteiger partial charge is 0.378 e. The van der Waals surface area contributed by atoms with E-state index in [2.05, 4.69) is 59.1 Å². The molecule has 0 saturated carbocycles. The molecule has 1 atom stereocenters. The fourth-order valence-corrected chi connectivity index (χ4v) is 2.51. The number of hydrogen-bond acceptors (Lipinski definition) is 3. The number of morpholine rings is 1. The Labute approximate surface area is 156 Å². The normalized spacial score (nSPS) is 17.0. The van der Waals surface area contributed by atoms with Gasteiger partial charge in [0, 0.05) is 32.2 Å². The molecule has 2 rings (SSSR count). The molecule has 0 amide bonds. The Morgan fingerprint density at radius 2 is 1.96 bits per heavy atom. The molecule has 0 aromatic heterocycles. The second-order valence-corrected chi connectivity index (χ2v) is 5.88. The minimum absolute atomic E-state index is 0. The molecule has 1 aromatic rings. The maximum atomic E-state index is 6.04. The van der Waals surface area contributed by atoms with E-state index in [1.165, 1.54) is 5.56 Å². The van der Waals surface area contributed by atoms with Crippen LogP contribution in [-0.2, 0) is 11.3 Å². The first kappa shape index (κ1) is 20.2. The molecule has 23 heavy (non-hydrogen) atoms. The van der Waals surface area contributed by atoms with E-state index in [0.29, 0.717) is 12.0 Å². The number of halogens is 1. The van der Waals surface area contributed by atoms with Crippen molar-refractivity contribution in [2.45, 2.75) is 25.9 Å². The number of nitrogens with zero attached hydrogens (tertiary/aromatic N) is 3. The van der Waals surface area contributed by atoms with Gasteiger partial charge in [0.05, 0.1) is 13.2 Å². The number of aliphatic imine (C=N–C) groups is 1. The molecule has 1 saturated heterocycles. The van der Waals surface area contributed by atoms with E-state index < -0.39 is 0 Å². The van der Waals surface area contributed by atoms with Gasteiger partial charge in [0.2, 0.25) is 0 Å². The lowest BCUT2D eigenvalue weighted by molar-refractivity contribution is 0.0674. The number of nitrogens with two attached hydrogens (primary N) is 1. The van der Waals surface area contributed by atoms with Crippen molar-refractivity contribution in [2.24, 2.45) is 10.7 Å². The maximum Gasteiger partial charge on any atom is 0.191 e. The zero-order valence-corrected chi connectivity index (χ0v) is 16.5. The second-order valence-electron chi connectivity index (χ2n) is 5.88. The van der Waals surface area contributed by atoms with Crippen molar-refractivity contribution in [1.82, 2.24) is 9.80 Å². The average molecular weight is 432 g/mol. The number of ether oxygens (including phenoxy) is 1. The van der Waals surface area contributed by atoms with Gasteiger partial charge in [-0.1, -0.05) is 30.3 Å². The Morgan fingerprint density at radius 1 is 1.30 bits per heavy atom. The Bertz CT molecular complexity index is 463. The predicted octanol–water partition coefficient (Wildman–Crippen LogP) is 2.16. The van der Waals surface area contributed by atoms with Crippen molar-refractivity contribution in [3.05, 3.63) is 35.9 Å². The smallest absolute Gasteiger partial charge is 0.191 e. The summed E-state index contributed by atoms with van der Waals surface area (Å²) in [4.78, 5) is 8.97. The lowest BCUT2D eigenvalue weighted by Gasteiger charge is -2.28. The summed E-state index contributed by atoms with van der Waals surface area (Å²) in [5.74, 6) is 0.654. The molecule has 0 bridgehead atoms. The molecule has 0 spiro atoms. The average Bonchev–Trinajstić information content (AvgIpc) is 2.56. The first-order valence-corrected chi connectivity index (χ1v) is 8.03. The van der Waals surface area contributed by atoms with Crippen molar-refractivity contribution in [1.29, 1.82) is 0 Å². The molecule has 1 aliphatic heterocycles. The van der Waals surface area contributed by atoms with Crippen molar-refractivity contribution in [3.8, 4) is 0 Å². The van der Waals surface area contributed by atoms with Gasteiger partial charge in [-0.3, -0.25) is 9.89 Å². The quantitative estimate of drug-likeness (QED) is 0.426. The molecular weight excluding hydrogens is 403 g/mol. The van der Waals surface area contributed by atoms with E-state index in [9.17, 15) is 0 Å². The topological polar surface area (TPSA) is 54.1 Å². The lowest BCUT2D eigenvalue weighted by Crippen LogP contribution is -2.45. The Kier molecular flexibility index (Phi) is 9.50. The highest BCUT2D eigenvalue weighted by molar-refractivity contribution is 14.0. The number of benzene rings is 1. The third-order valence-corrected chi connectivity index (χ3v) is 4.18. The maximum absolute atomic E-state index is 6.04. The van der Waals surface area contributed by atoms with Crippen molar-refractivity contribution in [3.63, 3.8) is 0 Å². The van der Waals surface area contributed by atoms with Gasteiger partial charge in [-0.2, -0.15) is 0 Å². The SMILES string of the molecule is CC(CCN=C(N)N1CCOCC1)N(C)Cc1ccccc1.I. The Morgan fingerprint density at radius 3 is 2.61 bits per heavy atom. The molecule has 1 fully saturated rings. The summed E-state index contributed by atoms with van der Waals surface area (Å²) in [6.45, 7) is 7.15. The summed E-state index contributed by atoms with van der Waals surface area (Å²) in [5.41, 5.74) is 7.38. The minimum atomic E-state index is 0. The van der Waals surface area contributed by atoms with Gasteiger partial charge >= 0.3 is 0 Å². The molecule has 2 N–H and O–H groups in total. The van der Waals surface area contributed by atoms with Crippen LogP contribution in [0.4, 0.5) is 0 Å². The monoisotopic (exact) mass is 432 g/mol. The highest BCUT2D eigenvalue weighted by atomic mass is 127. The standard InChI is InChI=1S/C17H28N4O.HI/c1-15(20(2)14-16-6-4-3-5-7-16)8-9-19-17(18)21-10-12-22-13-11-21;/h3-7,15H,8-14H2,1-2H3,(H2,18,19);1H. The Balaban J connectivity index is 0.00000264. The molecular formula is C17H29IN4O. The summed E-state index contributed by atoms with van der Waals surface area (Å²) in [6.07, 6.45) is 1.01. The third-order valence-electron chi connectivity index (χ3n) is 4.18. The molecule has 130 valence electrons. The van der Waals surface area contributed by atoms with E-state index in [4.69, 9.17) is 10.5 Å². The zero-order valence-electron chi connectivity index (χ0n) is 14.1. The van der Waals surface area contributed by atoms with Gasteiger partial charge in [-0.05, 0) is 26.0 Å². The van der Waals surface area contributed by atoms with Crippen LogP contribution in [0.3, 0.4) is 0 Å². The molecule has 1 aliphatic rings. The van der Waals surface area contributed by atoms with E-state index >= 15 is 0 Å². The van der Waals surface area contributed by atoms with Gasteiger partial charge in [-0.15, -0.1) is 24.0 Å². The molecule has 5 nitrogen and oxygen atoms in total. The third kappa shape index (κ3) is 7.05. The Hall–Kier alpha value is -0.860. The summed E-state index contributed by atoms with van der Waals surface area (Å²) in [5, 5.41) is 0. The van der Waals surface area contributed by atoms with Crippen LogP contribution in [0.2, 0.25) is 0 Å². The lowest BCUT2D eigenvalue weighted by atomic mass is 10.1. The van der Waals surface area contributed by atoms with Crippen molar-refractivity contribution in [2.75, 3.05) is 39.9 Å². The summed E-state index contributed by atoms with van der Waals surface area (Å²) in [7, 11) is 2.16. The van der Waals surface area contributed by atoms with Crippen LogP contribution in [0.25, 0.3) is 0 Å². The molecule has 0 aliphatic carbocycles. The van der Waals surface area contributed by atoms with Crippen LogP contribution in [0, 0.1) is 0 Å². The predicted molar refractivity (Wildman–Crippen MR) is 106 cm³/mol. The highest BCUT2D eigenvalue weighted by Crippen LogP contribution is 2.08. The summed E-state index contributed by atoms with van der Waals surface area (Å²) < 4.78 is 5.32. The van der Waals surface area contributed by atoms with Crippen molar-refractivity contribution >= 4 is 29.9 Å². The number of guanidine groups is 1.